The fourth-order valence-corrected chi connectivity index (χ4v) is 3.03. The zero-order valence-corrected chi connectivity index (χ0v) is 13.3. The molecule has 1 saturated carbocycles. The summed E-state index contributed by atoms with van der Waals surface area (Å²) in [5.41, 5.74) is 0. The van der Waals surface area contributed by atoms with Crippen LogP contribution in [0.4, 0.5) is 0 Å². The van der Waals surface area contributed by atoms with Gasteiger partial charge in [-0.15, -0.1) is 0 Å². The number of nitrogens with zero attached hydrogens (tertiary/aromatic N) is 3. The van der Waals surface area contributed by atoms with Gasteiger partial charge >= 0.3 is 0 Å². The molecular formula is C16H20N4O4. The first-order valence-corrected chi connectivity index (χ1v) is 8.30. The number of carbonyl (C=O) groups excluding carboxylic acids is 1. The van der Waals surface area contributed by atoms with Crippen molar-refractivity contribution >= 4 is 5.91 Å². The Hall–Kier alpha value is -2.19. The van der Waals surface area contributed by atoms with Crippen LogP contribution < -0.4 is 5.32 Å². The van der Waals surface area contributed by atoms with Crippen molar-refractivity contribution < 1.29 is 18.8 Å². The number of hydrogen-bond acceptors (Lipinski definition) is 7. The molecule has 2 fully saturated rings. The zero-order chi connectivity index (χ0) is 16.5. The van der Waals surface area contributed by atoms with Gasteiger partial charge in [-0.05, 0) is 44.4 Å². The van der Waals surface area contributed by atoms with Gasteiger partial charge < -0.3 is 19.4 Å². The highest BCUT2D eigenvalue weighted by atomic mass is 16.5. The number of nitrogens with one attached hydrogen (secondary N) is 1. The number of likely N-dealkylation sites (tertiary alicyclic amines) is 1. The molecular weight excluding hydrogens is 312 g/mol. The maximum atomic E-state index is 12.0. The van der Waals surface area contributed by atoms with E-state index in [9.17, 15) is 4.79 Å². The van der Waals surface area contributed by atoms with Gasteiger partial charge in [0.15, 0.2) is 0 Å². The lowest BCUT2D eigenvalue weighted by Crippen LogP contribution is -2.26. The van der Waals surface area contributed by atoms with E-state index in [-0.39, 0.29) is 30.4 Å². The monoisotopic (exact) mass is 332 g/mol. The summed E-state index contributed by atoms with van der Waals surface area (Å²) in [5.74, 6) is 1.65. The Labute approximate surface area is 138 Å². The SMILES string of the molecule is O=C(NC1CC1)c1noc(C2CCCN2Cc2ccc(CO)o2)n1. The van der Waals surface area contributed by atoms with Crippen molar-refractivity contribution in [3.05, 3.63) is 35.4 Å². The van der Waals surface area contributed by atoms with Crippen LogP contribution in [-0.4, -0.2) is 38.6 Å². The number of aliphatic hydroxyl groups excluding tert-OH is 1. The van der Waals surface area contributed by atoms with E-state index in [1.54, 1.807) is 6.07 Å². The van der Waals surface area contributed by atoms with Gasteiger partial charge in [-0.2, -0.15) is 4.98 Å². The predicted octanol–water partition coefficient (Wildman–Crippen LogP) is 1.38. The van der Waals surface area contributed by atoms with Gasteiger partial charge in [0.1, 0.15) is 18.1 Å². The number of hydrogen-bond donors (Lipinski definition) is 2. The first-order valence-electron chi connectivity index (χ1n) is 8.30. The molecule has 128 valence electrons. The van der Waals surface area contributed by atoms with Crippen LogP contribution in [-0.2, 0) is 13.2 Å². The summed E-state index contributed by atoms with van der Waals surface area (Å²) in [6.07, 6.45) is 3.96. The van der Waals surface area contributed by atoms with Crippen LogP contribution in [0.1, 0.15) is 59.8 Å². The molecule has 1 atom stereocenters. The second kappa shape index (κ2) is 6.37. The highest BCUT2D eigenvalue weighted by molar-refractivity contribution is 5.90. The van der Waals surface area contributed by atoms with E-state index in [4.69, 9.17) is 14.0 Å². The molecule has 2 aromatic heterocycles. The highest BCUT2D eigenvalue weighted by Gasteiger charge is 2.33. The van der Waals surface area contributed by atoms with Crippen LogP contribution in [0.15, 0.2) is 21.1 Å². The molecule has 1 unspecified atom stereocenters. The Morgan fingerprint density at radius 3 is 2.92 bits per heavy atom. The molecule has 0 aromatic carbocycles. The Morgan fingerprint density at radius 2 is 2.17 bits per heavy atom. The summed E-state index contributed by atoms with van der Waals surface area (Å²) < 4.78 is 10.9. The lowest BCUT2D eigenvalue weighted by Gasteiger charge is -2.19. The third kappa shape index (κ3) is 3.20. The predicted molar refractivity (Wildman–Crippen MR) is 81.8 cm³/mol. The van der Waals surface area contributed by atoms with Crippen LogP contribution in [0.3, 0.4) is 0 Å². The second-order valence-electron chi connectivity index (χ2n) is 6.36. The standard InChI is InChI=1S/C16H20N4O4/c21-9-12-6-5-11(23-12)8-20-7-1-2-13(20)16-18-14(19-24-16)15(22)17-10-3-4-10/h5-6,10,13,21H,1-4,7-9H2,(H,17,22). The van der Waals surface area contributed by atoms with Gasteiger partial charge in [-0.25, -0.2) is 0 Å². The van der Waals surface area contributed by atoms with Gasteiger partial charge in [0.05, 0.1) is 12.6 Å². The topological polar surface area (TPSA) is 105 Å². The molecule has 1 saturated heterocycles. The maximum Gasteiger partial charge on any atom is 0.292 e. The van der Waals surface area contributed by atoms with Crippen LogP contribution in [0.25, 0.3) is 0 Å². The average Bonchev–Trinajstić information content (AvgIpc) is 3.01. The van der Waals surface area contributed by atoms with E-state index in [1.165, 1.54) is 0 Å². The van der Waals surface area contributed by atoms with Gasteiger partial charge in [-0.3, -0.25) is 9.69 Å². The Morgan fingerprint density at radius 1 is 1.33 bits per heavy atom. The molecule has 2 aromatic rings. The Balaban J connectivity index is 1.44. The molecule has 0 radical (unpaired) electrons. The largest absolute Gasteiger partial charge is 0.462 e. The molecule has 0 bridgehead atoms. The number of rotatable bonds is 6. The summed E-state index contributed by atoms with van der Waals surface area (Å²) >= 11 is 0. The number of aromatic nitrogens is 2. The first kappa shape index (κ1) is 15.3. The summed E-state index contributed by atoms with van der Waals surface area (Å²) in [6.45, 7) is 1.40. The molecule has 1 amide bonds. The molecule has 3 heterocycles. The summed E-state index contributed by atoms with van der Waals surface area (Å²) in [6, 6.07) is 3.89. The average molecular weight is 332 g/mol. The lowest BCUT2D eigenvalue weighted by molar-refractivity contribution is 0.0937. The molecule has 8 nitrogen and oxygen atoms in total. The van der Waals surface area contributed by atoms with E-state index >= 15 is 0 Å². The molecule has 0 spiro atoms. The van der Waals surface area contributed by atoms with Crippen LogP contribution >= 0.6 is 0 Å². The lowest BCUT2D eigenvalue weighted by atomic mass is 10.2. The van der Waals surface area contributed by atoms with Crippen LogP contribution in [0.2, 0.25) is 0 Å². The van der Waals surface area contributed by atoms with Gasteiger partial charge in [0, 0.05) is 6.04 Å². The van der Waals surface area contributed by atoms with Crippen molar-refractivity contribution in [1.29, 1.82) is 0 Å². The minimum Gasteiger partial charge on any atom is -0.462 e. The van der Waals surface area contributed by atoms with Crippen LogP contribution in [0, 0.1) is 0 Å². The smallest absolute Gasteiger partial charge is 0.292 e. The van der Waals surface area contributed by atoms with E-state index in [0.717, 1.165) is 38.0 Å². The van der Waals surface area contributed by atoms with E-state index in [2.05, 4.69) is 20.4 Å². The van der Waals surface area contributed by atoms with Crippen molar-refractivity contribution in [2.45, 2.75) is 50.9 Å². The van der Waals surface area contributed by atoms with Crippen molar-refractivity contribution in [3.8, 4) is 0 Å². The number of furan rings is 1. The molecule has 2 N–H and O–H groups in total. The number of amides is 1. The van der Waals surface area contributed by atoms with Crippen LogP contribution in [0.5, 0.6) is 0 Å². The summed E-state index contributed by atoms with van der Waals surface area (Å²) in [5, 5.41) is 15.8. The quantitative estimate of drug-likeness (QED) is 0.823. The Bertz CT molecular complexity index is 721. The molecule has 4 rings (SSSR count). The molecule has 1 aliphatic heterocycles. The fourth-order valence-electron chi connectivity index (χ4n) is 3.03. The van der Waals surface area contributed by atoms with Crippen molar-refractivity contribution in [2.24, 2.45) is 0 Å². The molecule has 1 aliphatic carbocycles. The Kier molecular flexibility index (Phi) is 4.07. The fraction of sp³-hybridized carbons (Fsp3) is 0.562. The van der Waals surface area contributed by atoms with E-state index in [1.807, 2.05) is 6.07 Å². The zero-order valence-electron chi connectivity index (χ0n) is 13.3. The molecule has 2 aliphatic rings. The second-order valence-corrected chi connectivity index (χ2v) is 6.36. The van der Waals surface area contributed by atoms with E-state index in [0.29, 0.717) is 18.2 Å². The van der Waals surface area contributed by atoms with Gasteiger partial charge in [-0.1, -0.05) is 5.16 Å². The minimum absolute atomic E-state index is 0.0114. The highest BCUT2D eigenvalue weighted by Crippen LogP contribution is 2.32. The third-order valence-corrected chi connectivity index (χ3v) is 4.44. The van der Waals surface area contributed by atoms with Crippen molar-refractivity contribution in [3.63, 3.8) is 0 Å². The van der Waals surface area contributed by atoms with Gasteiger partial charge in [0.25, 0.3) is 11.7 Å². The maximum absolute atomic E-state index is 12.0. The molecule has 24 heavy (non-hydrogen) atoms. The minimum atomic E-state index is -0.268. The van der Waals surface area contributed by atoms with Gasteiger partial charge in [0.2, 0.25) is 5.89 Å². The normalized spacial score (nSPS) is 21.3. The third-order valence-electron chi connectivity index (χ3n) is 4.44. The number of aliphatic hydroxyl groups is 1. The van der Waals surface area contributed by atoms with Crippen molar-refractivity contribution in [2.75, 3.05) is 6.54 Å². The van der Waals surface area contributed by atoms with Crippen molar-refractivity contribution in [1.82, 2.24) is 20.4 Å². The summed E-state index contributed by atoms with van der Waals surface area (Å²) in [7, 11) is 0. The first-order chi connectivity index (χ1) is 11.7. The molecule has 8 heteroatoms. The number of carbonyl (C=O) groups is 1. The van der Waals surface area contributed by atoms with E-state index < -0.39 is 0 Å². The summed E-state index contributed by atoms with van der Waals surface area (Å²) in [4.78, 5) is 18.5.